The molecule has 8 nitrogen and oxygen atoms in total. The molecule has 1 aliphatic heterocycles. The van der Waals surface area contributed by atoms with Crippen molar-refractivity contribution in [2.45, 2.75) is 12.8 Å². The summed E-state index contributed by atoms with van der Waals surface area (Å²) in [6, 6.07) is 1.26. The average Bonchev–Trinajstić information content (AvgIpc) is 2.46. The number of piperidine rings is 1. The van der Waals surface area contributed by atoms with E-state index in [0.717, 1.165) is 19.0 Å². The lowest BCUT2D eigenvalue weighted by atomic mass is 9.98. The summed E-state index contributed by atoms with van der Waals surface area (Å²) in [5.41, 5.74) is 5.22. The van der Waals surface area contributed by atoms with Crippen LogP contribution in [0.2, 0.25) is 0 Å². The van der Waals surface area contributed by atoms with E-state index in [1.54, 1.807) is 12.0 Å². The minimum atomic E-state index is -0.615. The van der Waals surface area contributed by atoms with Gasteiger partial charge < -0.3 is 15.4 Å². The van der Waals surface area contributed by atoms with E-state index in [9.17, 15) is 14.9 Å². The molecule has 0 spiro atoms. The van der Waals surface area contributed by atoms with Gasteiger partial charge in [0.05, 0.1) is 11.5 Å². The predicted octanol–water partition coefficient (Wildman–Crippen LogP) is 1.07. The topological polar surface area (TPSA) is 112 Å². The number of rotatable bonds is 4. The number of nitro groups is 1. The van der Waals surface area contributed by atoms with Crippen molar-refractivity contribution >= 4 is 17.4 Å². The number of amides is 1. The van der Waals surface area contributed by atoms with Crippen LogP contribution in [-0.2, 0) is 4.74 Å². The minimum Gasteiger partial charge on any atom is -0.384 e. The van der Waals surface area contributed by atoms with Crippen LogP contribution in [0.3, 0.4) is 0 Å². The standard InChI is InChI=1S/C13H18N4O4/c1-21-8-9-3-2-4-16(7-9)13(18)10-5-12(14)15-6-11(10)17(19)20/h5-6,9H,2-4,7-8H2,1H3,(H2,14,15). The zero-order chi connectivity index (χ0) is 15.4. The SMILES string of the molecule is COCC1CCCN(C(=O)c2cc(N)ncc2[N+](=O)[O-])C1. The Balaban J connectivity index is 2.23. The van der Waals surface area contributed by atoms with Crippen LogP contribution in [-0.4, -0.2) is 47.5 Å². The molecule has 1 saturated heterocycles. The van der Waals surface area contributed by atoms with Crippen molar-refractivity contribution in [3.8, 4) is 0 Å². The van der Waals surface area contributed by atoms with Gasteiger partial charge in [-0.3, -0.25) is 14.9 Å². The molecule has 8 heteroatoms. The zero-order valence-corrected chi connectivity index (χ0v) is 11.8. The normalized spacial score (nSPS) is 18.5. The summed E-state index contributed by atoms with van der Waals surface area (Å²) < 4.78 is 5.12. The molecule has 0 saturated carbocycles. The lowest BCUT2D eigenvalue weighted by molar-refractivity contribution is -0.385. The molecule has 0 radical (unpaired) electrons. The van der Waals surface area contributed by atoms with Crippen molar-refractivity contribution in [3.63, 3.8) is 0 Å². The van der Waals surface area contributed by atoms with Gasteiger partial charge in [-0.15, -0.1) is 0 Å². The van der Waals surface area contributed by atoms with Crippen molar-refractivity contribution in [1.29, 1.82) is 0 Å². The highest BCUT2D eigenvalue weighted by Crippen LogP contribution is 2.24. The maximum Gasteiger partial charge on any atom is 0.300 e. The third-order valence-corrected chi connectivity index (χ3v) is 3.54. The third-order valence-electron chi connectivity index (χ3n) is 3.54. The third kappa shape index (κ3) is 3.46. The summed E-state index contributed by atoms with van der Waals surface area (Å²) in [4.78, 5) is 28.2. The minimum absolute atomic E-state index is 0.00873. The maximum atomic E-state index is 12.5. The molecule has 2 rings (SSSR count). The lowest BCUT2D eigenvalue weighted by Gasteiger charge is -2.32. The van der Waals surface area contributed by atoms with Crippen molar-refractivity contribution in [2.75, 3.05) is 32.5 Å². The van der Waals surface area contributed by atoms with Gasteiger partial charge in [-0.25, -0.2) is 4.98 Å². The van der Waals surface area contributed by atoms with Crippen molar-refractivity contribution in [3.05, 3.63) is 27.9 Å². The summed E-state index contributed by atoms with van der Waals surface area (Å²) in [5.74, 6) is -0.0306. The Hall–Kier alpha value is -2.22. The highest BCUT2D eigenvalue weighted by atomic mass is 16.6. The Morgan fingerprint density at radius 3 is 3.10 bits per heavy atom. The molecular weight excluding hydrogens is 276 g/mol. The number of carbonyl (C=O) groups is 1. The van der Waals surface area contributed by atoms with Gasteiger partial charge >= 0.3 is 0 Å². The zero-order valence-electron chi connectivity index (χ0n) is 11.8. The van der Waals surface area contributed by atoms with Gasteiger partial charge in [-0.05, 0) is 24.8 Å². The molecular formula is C13H18N4O4. The van der Waals surface area contributed by atoms with Crippen LogP contribution < -0.4 is 5.73 Å². The number of ether oxygens (including phenoxy) is 1. The quantitative estimate of drug-likeness (QED) is 0.656. The first kappa shape index (κ1) is 15.2. The smallest absolute Gasteiger partial charge is 0.300 e. The van der Waals surface area contributed by atoms with Gasteiger partial charge in [0.1, 0.15) is 17.6 Å². The number of nitrogens with two attached hydrogens (primary N) is 1. The first-order valence-electron chi connectivity index (χ1n) is 6.71. The van der Waals surface area contributed by atoms with Gasteiger partial charge in [-0.1, -0.05) is 0 Å². The van der Waals surface area contributed by atoms with E-state index in [1.165, 1.54) is 6.07 Å². The van der Waals surface area contributed by atoms with Gasteiger partial charge in [0.2, 0.25) is 0 Å². The van der Waals surface area contributed by atoms with Crippen LogP contribution in [0.5, 0.6) is 0 Å². The number of likely N-dealkylation sites (tertiary alicyclic amines) is 1. The van der Waals surface area contributed by atoms with Crippen LogP contribution in [0.4, 0.5) is 11.5 Å². The van der Waals surface area contributed by atoms with Gasteiger partial charge in [0.15, 0.2) is 0 Å². The van der Waals surface area contributed by atoms with E-state index in [2.05, 4.69) is 4.98 Å². The maximum absolute atomic E-state index is 12.5. The summed E-state index contributed by atoms with van der Waals surface area (Å²) in [6.45, 7) is 1.69. The average molecular weight is 294 g/mol. The fourth-order valence-electron chi connectivity index (χ4n) is 2.57. The number of anilines is 1. The number of hydrogen-bond acceptors (Lipinski definition) is 6. The molecule has 1 unspecified atom stereocenters. The molecule has 0 bridgehead atoms. The van der Waals surface area contributed by atoms with Crippen LogP contribution in [0, 0.1) is 16.0 Å². The molecule has 1 aromatic rings. The molecule has 21 heavy (non-hydrogen) atoms. The Kier molecular flexibility index (Phi) is 4.69. The summed E-state index contributed by atoms with van der Waals surface area (Å²) in [7, 11) is 1.62. The van der Waals surface area contributed by atoms with E-state index in [-0.39, 0.29) is 28.9 Å². The largest absolute Gasteiger partial charge is 0.384 e. The summed E-state index contributed by atoms with van der Waals surface area (Å²) in [5, 5.41) is 11.0. The number of pyridine rings is 1. The summed E-state index contributed by atoms with van der Waals surface area (Å²) in [6.07, 6.45) is 2.87. The van der Waals surface area contributed by atoms with Crippen LogP contribution in [0.1, 0.15) is 23.2 Å². The fourth-order valence-corrected chi connectivity index (χ4v) is 2.57. The van der Waals surface area contributed by atoms with E-state index in [0.29, 0.717) is 19.7 Å². The fraction of sp³-hybridized carbons (Fsp3) is 0.538. The number of nitrogens with zero attached hydrogens (tertiary/aromatic N) is 3. The second-order valence-corrected chi connectivity index (χ2v) is 5.10. The van der Waals surface area contributed by atoms with Gasteiger partial charge in [0.25, 0.3) is 11.6 Å². The lowest BCUT2D eigenvalue weighted by Crippen LogP contribution is -2.41. The van der Waals surface area contributed by atoms with E-state index >= 15 is 0 Å². The number of nitrogen functional groups attached to an aromatic ring is 1. The number of methoxy groups -OCH3 is 1. The highest BCUT2D eigenvalue weighted by Gasteiger charge is 2.29. The Bertz CT molecular complexity index is 547. The molecule has 0 aliphatic carbocycles. The number of hydrogen-bond donors (Lipinski definition) is 1. The molecule has 1 fully saturated rings. The Labute approximate surface area is 122 Å². The molecule has 0 aromatic carbocycles. The van der Waals surface area contributed by atoms with Gasteiger partial charge in [0, 0.05) is 20.2 Å². The van der Waals surface area contributed by atoms with E-state index < -0.39 is 4.92 Å². The summed E-state index contributed by atoms with van der Waals surface area (Å²) >= 11 is 0. The predicted molar refractivity (Wildman–Crippen MR) is 75.8 cm³/mol. The molecule has 2 heterocycles. The molecule has 1 aliphatic rings. The number of aromatic nitrogens is 1. The monoisotopic (exact) mass is 294 g/mol. The molecule has 1 aromatic heterocycles. The van der Waals surface area contributed by atoms with Crippen molar-refractivity contribution < 1.29 is 14.5 Å². The highest BCUT2D eigenvalue weighted by molar-refractivity contribution is 5.98. The first-order valence-corrected chi connectivity index (χ1v) is 6.71. The molecule has 1 amide bonds. The second kappa shape index (κ2) is 6.49. The number of carbonyl (C=O) groups excluding carboxylic acids is 1. The van der Waals surface area contributed by atoms with Crippen LogP contribution in [0.15, 0.2) is 12.3 Å². The molecule has 2 N–H and O–H groups in total. The second-order valence-electron chi connectivity index (χ2n) is 5.10. The molecule has 1 atom stereocenters. The van der Waals surface area contributed by atoms with Crippen LogP contribution in [0.25, 0.3) is 0 Å². The Morgan fingerprint density at radius 1 is 1.67 bits per heavy atom. The first-order chi connectivity index (χ1) is 10.0. The van der Waals surface area contributed by atoms with Gasteiger partial charge in [-0.2, -0.15) is 0 Å². The van der Waals surface area contributed by atoms with Crippen molar-refractivity contribution in [1.82, 2.24) is 9.88 Å². The van der Waals surface area contributed by atoms with Crippen LogP contribution >= 0.6 is 0 Å². The van der Waals surface area contributed by atoms with E-state index in [1.807, 2.05) is 0 Å². The molecule has 114 valence electrons. The van der Waals surface area contributed by atoms with Crippen molar-refractivity contribution in [2.24, 2.45) is 5.92 Å². The van der Waals surface area contributed by atoms with E-state index in [4.69, 9.17) is 10.5 Å². The Morgan fingerprint density at radius 2 is 2.43 bits per heavy atom.